The molecule has 0 atom stereocenters. The molecular formula is C14H17N3. The zero-order chi connectivity index (χ0) is 11.9. The van der Waals surface area contributed by atoms with Crippen molar-refractivity contribution in [2.45, 2.75) is 6.42 Å². The summed E-state index contributed by atoms with van der Waals surface area (Å²) in [6.07, 6.45) is 8.91. The van der Waals surface area contributed by atoms with Crippen molar-refractivity contribution in [3.8, 4) is 11.3 Å². The first-order valence-corrected chi connectivity index (χ1v) is 5.80. The Balaban J connectivity index is 2.01. The fraction of sp³-hybridized carbons (Fsp3) is 0.214. The fourth-order valence-corrected chi connectivity index (χ4v) is 1.63. The van der Waals surface area contributed by atoms with Gasteiger partial charge < -0.3 is 10.3 Å². The molecule has 88 valence electrons. The molecule has 1 aromatic carbocycles. The van der Waals surface area contributed by atoms with E-state index in [1.165, 1.54) is 5.56 Å². The molecule has 0 amide bonds. The predicted molar refractivity (Wildman–Crippen MR) is 71.6 cm³/mol. The van der Waals surface area contributed by atoms with Crippen LogP contribution in [0.25, 0.3) is 17.3 Å². The zero-order valence-electron chi connectivity index (χ0n) is 9.98. The van der Waals surface area contributed by atoms with Gasteiger partial charge in [0.25, 0.3) is 0 Å². The van der Waals surface area contributed by atoms with Crippen molar-refractivity contribution in [2.24, 2.45) is 0 Å². The smallest absolute Gasteiger partial charge is 0.0924 e. The van der Waals surface area contributed by atoms with Crippen LogP contribution in [0.1, 0.15) is 12.0 Å². The van der Waals surface area contributed by atoms with Gasteiger partial charge in [-0.25, -0.2) is 4.98 Å². The Morgan fingerprint density at radius 3 is 2.76 bits per heavy atom. The van der Waals surface area contributed by atoms with Crippen LogP contribution < -0.4 is 5.32 Å². The van der Waals surface area contributed by atoms with Gasteiger partial charge in [0.1, 0.15) is 0 Å². The number of imidazole rings is 1. The number of hydrogen-bond donors (Lipinski definition) is 2. The van der Waals surface area contributed by atoms with Gasteiger partial charge in [0.05, 0.1) is 18.2 Å². The summed E-state index contributed by atoms with van der Waals surface area (Å²) in [5, 5.41) is 3.12. The molecule has 0 fully saturated rings. The monoisotopic (exact) mass is 227 g/mol. The van der Waals surface area contributed by atoms with E-state index in [1.807, 2.05) is 13.2 Å². The van der Waals surface area contributed by atoms with Gasteiger partial charge in [-0.15, -0.1) is 0 Å². The van der Waals surface area contributed by atoms with Crippen molar-refractivity contribution >= 4 is 6.08 Å². The maximum Gasteiger partial charge on any atom is 0.0924 e. The lowest BCUT2D eigenvalue weighted by molar-refractivity contribution is 0.809. The quantitative estimate of drug-likeness (QED) is 0.771. The van der Waals surface area contributed by atoms with Gasteiger partial charge in [-0.2, -0.15) is 0 Å². The highest BCUT2D eigenvalue weighted by Gasteiger charge is 1.97. The van der Waals surface area contributed by atoms with E-state index in [0.29, 0.717) is 0 Å². The van der Waals surface area contributed by atoms with Gasteiger partial charge in [0, 0.05) is 0 Å². The van der Waals surface area contributed by atoms with E-state index in [4.69, 9.17) is 0 Å². The Hall–Kier alpha value is -1.87. The third-order valence-electron chi connectivity index (χ3n) is 2.59. The molecule has 0 bridgehead atoms. The lowest BCUT2D eigenvalue weighted by Gasteiger charge is -1.98. The summed E-state index contributed by atoms with van der Waals surface area (Å²) in [6, 6.07) is 8.44. The zero-order valence-corrected chi connectivity index (χ0v) is 9.98. The molecule has 17 heavy (non-hydrogen) atoms. The minimum Gasteiger partial charge on any atom is -0.345 e. The second-order valence-corrected chi connectivity index (χ2v) is 3.88. The van der Waals surface area contributed by atoms with E-state index in [2.05, 4.69) is 51.7 Å². The molecule has 2 rings (SSSR count). The SMILES string of the molecule is CNCCC=Cc1ccc(-c2cnc[nH]2)cc1. The van der Waals surface area contributed by atoms with Crippen LogP contribution in [-0.4, -0.2) is 23.6 Å². The molecule has 0 spiro atoms. The van der Waals surface area contributed by atoms with Crippen LogP contribution in [0.4, 0.5) is 0 Å². The Bertz CT molecular complexity index is 455. The summed E-state index contributed by atoms with van der Waals surface area (Å²) in [5.41, 5.74) is 3.44. The van der Waals surface area contributed by atoms with Crippen molar-refractivity contribution in [1.29, 1.82) is 0 Å². The number of H-pyrrole nitrogens is 1. The number of hydrogen-bond acceptors (Lipinski definition) is 2. The summed E-state index contributed by atoms with van der Waals surface area (Å²) in [7, 11) is 1.97. The van der Waals surface area contributed by atoms with Gasteiger partial charge in [-0.3, -0.25) is 0 Å². The van der Waals surface area contributed by atoms with E-state index in [0.717, 1.165) is 24.2 Å². The van der Waals surface area contributed by atoms with Gasteiger partial charge >= 0.3 is 0 Å². The predicted octanol–water partition coefficient (Wildman–Crippen LogP) is 2.70. The molecular weight excluding hydrogens is 210 g/mol. The lowest BCUT2D eigenvalue weighted by atomic mass is 10.1. The minimum absolute atomic E-state index is 1.02. The van der Waals surface area contributed by atoms with Crippen LogP contribution in [0.3, 0.4) is 0 Å². The van der Waals surface area contributed by atoms with Crippen molar-refractivity contribution in [2.75, 3.05) is 13.6 Å². The number of aromatic nitrogens is 2. The molecule has 0 unspecified atom stereocenters. The highest BCUT2D eigenvalue weighted by atomic mass is 14.9. The first-order chi connectivity index (χ1) is 8.40. The second kappa shape index (κ2) is 6.01. The normalized spacial score (nSPS) is 11.1. The highest BCUT2D eigenvalue weighted by molar-refractivity contribution is 5.61. The fourth-order valence-electron chi connectivity index (χ4n) is 1.63. The van der Waals surface area contributed by atoms with E-state index in [1.54, 1.807) is 6.33 Å². The summed E-state index contributed by atoms with van der Waals surface area (Å²) in [4.78, 5) is 7.11. The number of aromatic amines is 1. The summed E-state index contributed by atoms with van der Waals surface area (Å²) in [5.74, 6) is 0. The van der Waals surface area contributed by atoms with E-state index < -0.39 is 0 Å². The molecule has 0 saturated heterocycles. The molecule has 0 saturated carbocycles. The molecule has 3 nitrogen and oxygen atoms in total. The Morgan fingerprint density at radius 2 is 2.12 bits per heavy atom. The Kier molecular flexibility index (Phi) is 4.11. The standard InChI is InChI=1S/C14H17N3/c1-15-9-3-2-4-12-5-7-13(8-6-12)14-10-16-11-17-14/h2,4-8,10-11,15H,3,9H2,1H3,(H,16,17). The molecule has 1 aromatic heterocycles. The molecule has 0 aliphatic rings. The van der Waals surface area contributed by atoms with Gasteiger partial charge in [0.2, 0.25) is 0 Å². The maximum absolute atomic E-state index is 4.01. The minimum atomic E-state index is 1.02. The van der Waals surface area contributed by atoms with Crippen LogP contribution in [0, 0.1) is 0 Å². The summed E-state index contributed by atoms with van der Waals surface area (Å²) >= 11 is 0. The Labute approximate surface area is 102 Å². The maximum atomic E-state index is 4.01. The first-order valence-electron chi connectivity index (χ1n) is 5.80. The number of nitrogens with one attached hydrogen (secondary N) is 2. The topological polar surface area (TPSA) is 40.7 Å². The molecule has 0 aliphatic carbocycles. The van der Waals surface area contributed by atoms with Crippen molar-refractivity contribution < 1.29 is 0 Å². The van der Waals surface area contributed by atoms with Crippen molar-refractivity contribution in [1.82, 2.24) is 15.3 Å². The van der Waals surface area contributed by atoms with E-state index in [9.17, 15) is 0 Å². The van der Waals surface area contributed by atoms with E-state index in [-0.39, 0.29) is 0 Å². The first kappa shape index (κ1) is 11.6. The average Bonchev–Trinajstić information content (AvgIpc) is 2.89. The third kappa shape index (κ3) is 3.29. The van der Waals surface area contributed by atoms with Crippen LogP contribution in [-0.2, 0) is 0 Å². The van der Waals surface area contributed by atoms with Crippen LogP contribution in [0.5, 0.6) is 0 Å². The second-order valence-electron chi connectivity index (χ2n) is 3.88. The summed E-state index contributed by atoms with van der Waals surface area (Å²) < 4.78 is 0. The van der Waals surface area contributed by atoms with Crippen molar-refractivity contribution in [3.05, 3.63) is 48.4 Å². The largest absolute Gasteiger partial charge is 0.345 e. The van der Waals surface area contributed by atoms with Gasteiger partial charge in [-0.05, 0) is 31.1 Å². The molecule has 1 heterocycles. The molecule has 0 radical (unpaired) electrons. The van der Waals surface area contributed by atoms with Crippen LogP contribution in [0.15, 0.2) is 42.9 Å². The lowest BCUT2D eigenvalue weighted by Crippen LogP contribution is -2.05. The van der Waals surface area contributed by atoms with Crippen LogP contribution >= 0.6 is 0 Å². The number of rotatable bonds is 5. The molecule has 3 heteroatoms. The average molecular weight is 227 g/mol. The summed E-state index contributed by atoms with van der Waals surface area (Å²) in [6.45, 7) is 1.02. The van der Waals surface area contributed by atoms with E-state index >= 15 is 0 Å². The van der Waals surface area contributed by atoms with Crippen LogP contribution in [0.2, 0.25) is 0 Å². The van der Waals surface area contributed by atoms with Gasteiger partial charge in [-0.1, -0.05) is 36.4 Å². The Morgan fingerprint density at radius 1 is 1.29 bits per heavy atom. The number of nitrogens with zero attached hydrogens (tertiary/aromatic N) is 1. The van der Waals surface area contributed by atoms with Crippen molar-refractivity contribution in [3.63, 3.8) is 0 Å². The molecule has 0 aliphatic heterocycles. The molecule has 2 N–H and O–H groups in total. The third-order valence-corrected chi connectivity index (χ3v) is 2.59. The number of benzene rings is 1. The van der Waals surface area contributed by atoms with Gasteiger partial charge in [0.15, 0.2) is 0 Å². The highest BCUT2D eigenvalue weighted by Crippen LogP contribution is 2.16. The molecule has 2 aromatic rings.